The standard InChI is InChI=1S/C14H16FN3O4S/c1-9-14(20)18-7-6-17(8-11(18)13(19)16-9)23(21,22)12-5-3-2-4-10(12)15/h2-5,9,11H,6-8H2,1H3,(H,16,19)/t9-,11+/m0/s1. The fourth-order valence-corrected chi connectivity index (χ4v) is 4.38. The average molecular weight is 341 g/mol. The molecule has 0 aromatic heterocycles. The zero-order valence-electron chi connectivity index (χ0n) is 12.4. The Morgan fingerprint density at radius 3 is 2.61 bits per heavy atom. The molecule has 2 fully saturated rings. The lowest BCUT2D eigenvalue weighted by molar-refractivity contribution is -0.151. The highest BCUT2D eigenvalue weighted by atomic mass is 32.2. The van der Waals surface area contributed by atoms with Gasteiger partial charge in [-0.2, -0.15) is 4.31 Å². The lowest BCUT2D eigenvalue weighted by Crippen LogP contribution is -2.69. The maximum absolute atomic E-state index is 13.8. The summed E-state index contributed by atoms with van der Waals surface area (Å²) in [5.74, 6) is -1.48. The first-order valence-corrected chi connectivity index (χ1v) is 8.62. The van der Waals surface area contributed by atoms with Crippen LogP contribution in [0.3, 0.4) is 0 Å². The predicted octanol–water partition coefficient (Wildman–Crippen LogP) is -0.454. The second-order valence-corrected chi connectivity index (χ2v) is 7.48. The normalized spacial score (nSPS) is 25.9. The van der Waals surface area contributed by atoms with E-state index in [1.807, 2.05) is 0 Å². The molecule has 2 amide bonds. The summed E-state index contributed by atoms with van der Waals surface area (Å²) in [6.07, 6.45) is 0. The molecular formula is C14H16FN3O4S. The van der Waals surface area contributed by atoms with Gasteiger partial charge in [-0.05, 0) is 19.1 Å². The Hall–Kier alpha value is -2.00. The van der Waals surface area contributed by atoms with Crippen molar-refractivity contribution in [3.05, 3.63) is 30.1 Å². The minimum Gasteiger partial charge on any atom is -0.343 e. The van der Waals surface area contributed by atoms with Crippen LogP contribution in [0.4, 0.5) is 4.39 Å². The monoisotopic (exact) mass is 341 g/mol. The Labute approximate surface area is 133 Å². The number of carbonyl (C=O) groups excluding carboxylic acids is 2. The van der Waals surface area contributed by atoms with Crippen LogP contribution in [0.15, 0.2) is 29.2 Å². The van der Waals surface area contributed by atoms with Gasteiger partial charge in [-0.3, -0.25) is 9.59 Å². The number of carbonyl (C=O) groups is 2. The van der Waals surface area contributed by atoms with Crippen LogP contribution >= 0.6 is 0 Å². The molecule has 1 aromatic rings. The van der Waals surface area contributed by atoms with Crippen LogP contribution in [0, 0.1) is 5.82 Å². The zero-order valence-corrected chi connectivity index (χ0v) is 13.2. The molecule has 0 saturated carbocycles. The smallest absolute Gasteiger partial charge is 0.246 e. The van der Waals surface area contributed by atoms with Crippen molar-refractivity contribution < 1.29 is 22.4 Å². The third kappa shape index (κ3) is 2.59. The number of amides is 2. The molecule has 1 aromatic carbocycles. The van der Waals surface area contributed by atoms with E-state index in [0.717, 1.165) is 10.4 Å². The van der Waals surface area contributed by atoms with Gasteiger partial charge in [0, 0.05) is 19.6 Å². The van der Waals surface area contributed by atoms with Crippen molar-refractivity contribution in [2.24, 2.45) is 0 Å². The van der Waals surface area contributed by atoms with Crippen LogP contribution in [0.2, 0.25) is 0 Å². The van der Waals surface area contributed by atoms with E-state index in [1.54, 1.807) is 6.92 Å². The van der Waals surface area contributed by atoms with Gasteiger partial charge in [0.1, 0.15) is 22.8 Å². The molecule has 0 aliphatic carbocycles. The molecule has 2 aliphatic rings. The molecule has 1 N–H and O–H groups in total. The lowest BCUT2D eigenvalue weighted by atomic mass is 10.1. The number of nitrogens with one attached hydrogen (secondary N) is 1. The largest absolute Gasteiger partial charge is 0.343 e. The summed E-state index contributed by atoms with van der Waals surface area (Å²) in [7, 11) is -4.06. The summed E-state index contributed by atoms with van der Waals surface area (Å²) in [6, 6.07) is 3.60. The van der Waals surface area contributed by atoms with Crippen LogP contribution in [0.25, 0.3) is 0 Å². The van der Waals surface area contributed by atoms with Crippen molar-refractivity contribution in [3.8, 4) is 0 Å². The van der Waals surface area contributed by atoms with Crippen molar-refractivity contribution in [1.29, 1.82) is 0 Å². The number of benzene rings is 1. The maximum atomic E-state index is 13.8. The molecule has 0 spiro atoms. The molecular weight excluding hydrogens is 325 g/mol. The van der Waals surface area contributed by atoms with Gasteiger partial charge in [0.25, 0.3) is 0 Å². The van der Waals surface area contributed by atoms with E-state index in [-0.39, 0.29) is 25.5 Å². The minimum absolute atomic E-state index is 0.0267. The highest BCUT2D eigenvalue weighted by Crippen LogP contribution is 2.24. The van der Waals surface area contributed by atoms with Crippen molar-refractivity contribution >= 4 is 21.8 Å². The number of piperazine rings is 2. The third-order valence-corrected chi connectivity index (χ3v) is 6.01. The van der Waals surface area contributed by atoms with Crippen LogP contribution in [-0.4, -0.2) is 61.2 Å². The molecule has 0 unspecified atom stereocenters. The number of nitrogens with zero attached hydrogens (tertiary/aromatic N) is 2. The molecule has 23 heavy (non-hydrogen) atoms. The van der Waals surface area contributed by atoms with E-state index in [2.05, 4.69) is 5.32 Å². The van der Waals surface area contributed by atoms with Crippen molar-refractivity contribution in [2.45, 2.75) is 23.9 Å². The fraction of sp³-hybridized carbons (Fsp3) is 0.429. The quantitative estimate of drug-likeness (QED) is 0.789. The van der Waals surface area contributed by atoms with E-state index in [0.29, 0.717) is 0 Å². The number of halogens is 1. The summed E-state index contributed by atoms with van der Waals surface area (Å²) in [6.45, 7) is 1.54. The summed E-state index contributed by atoms with van der Waals surface area (Å²) in [5, 5.41) is 2.53. The first-order chi connectivity index (χ1) is 10.8. The Kier molecular flexibility index (Phi) is 3.85. The summed E-state index contributed by atoms with van der Waals surface area (Å²) in [4.78, 5) is 25.1. The van der Waals surface area contributed by atoms with Gasteiger partial charge >= 0.3 is 0 Å². The molecule has 0 bridgehead atoms. The Bertz CT molecular complexity index is 767. The molecule has 3 rings (SSSR count). The van der Waals surface area contributed by atoms with Gasteiger partial charge in [-0.15, -0.1) is 0 Å². The summed E-state index contributed by atoms with van der Waals surface area (Å²) >= 11 is 0. The second-order valence-electron chi connectivity index (χ2n) is 5.57. The second kappa shape index (κ2) is 5.57. The van der Waals surface area contributed by atoms with Crippen LogP contribution in [0.1, 0.15) is 6.92 Å². The Morgan fingerprint density at radius 2 is 1.91 bits per heavy atom. The average Bonchev–Trinajstić information content (AvgIpc) is 2.52. The molecule has 9 heteroatoms. The van der Waals surface area contributed by atoms with Gasteiger partial charge in [-0.1, -0.05) is 12.1 Å². The van der Waals surface area contributed by atoms with Gasteiger partial charge in [-0.25, -0.2) is 12.8 Å². The fourth-order valence-electron chi connectivity index (χ4n) is 2.88. The van der Waals surface area contributed by atoms with E-state index >= 15 is 0 Å². The minimum atomic E-state index is -4.06. The van der Waals surface area contributed by atoms with Crippen LogP contribution < -0.4 is 5.32 Å². The van der Waals surface area contributed by atoms with Crippen molar-refractivity contribution in [2.75, 3.05) is 19.6 Å². The Balaban J connectivity index is 1.88. The van der Waals surface area contributed by atoms with E-state index < -0.39 is 38.7 Å². The molecule has 2 saturated heterocycles. The number of hydrogen-bond acceptors (Lipinski definition) is 4. The molecule has 124 valence electrons. The zero-order chi connectivity index (χ0) is 16.8. The van der Waals surface area contributed by atoms with Gasteiger partial charge in [0.2, 0.25) is 21.8 Å². The van der Waals surface area contributed by atoms with E-state index in [1.165, 1.54) is 23.1 Å². The molecule has 2 atom stereocenters. The highest BCUT2D eigenvalue weighted by Gasteiger charge is 2.44. The van der Waals surface area contributed by atoms with Gasteiger partial charge < -0.3 is 10.2 Å². The number of sulfonamides is 1. The molecule has 7 nitrogen and oxygen atoms in total. The first-order valence-electron chi connectivity index (χ1n) is 7.18. The lowest BCUT2D eigenvalue weighted by Gasteiger charge is -2.44. The predicted molar refractivity (Wildman–Crippen MR) is 78.3 cm³/mol. The summed E-state index contributed by atoms with van der Waals surface area (Å²) in [5.41, 5.74) is 0. The van der Waals surface area contributed by atoms with Crippen LogP contribution in [0.5, 0.6) is 0 Å². The molecule has 2 aliphatic heterocycles. The highest BCUT2D eigenvalue weighted by molar-refractivity contribution is 7.89. The molecule has 0 radical (unpaired) electrons. The molecule has 2 heterocycles. The van der Waals surface area contributed by atoms with Crippen molar-refractivity contribution in [3.63, 3.8) is 0 Å². The number of rotatable bonds is 2. The van der Waals surface area contributed by atoms with Gasteiger partial charge in [0.15, 0.2) is 0 Å². The maximum Gasteiger partial charge on any atom is 0.246 e. The van der Waals surface area contributed by atoms with Crippen LogP contribution in [-0.2, 0) is 19.6 Å². The topological polar surface area (TPSA) is 86.8 Å². The Morgan fingerprint density at radius 1 is 1.22 bits per heavy atom. The van der Waals surface area contributed by atoms with Crippen molar-refractivity contribution in [1.82, 2.24) is 14.5 Å². The number of hydrogen-bond donors (Lipinski definition) is 1. The number of fused-ring (bicyclic) bond motifs is 1. The third-order valence-electron chi connectivity index (χ3n) is 4.11. The summed E-state index contributed by atoms with van der Waals surface area (Å²) < 4.78 is 40.0. The van der Waals surface area contributed by atoms with E-state index in [4.69, 9.17) is 0 Å². The SMILES string of the molecule is C[C@@H]1NC(=O)[C@H]2CN(S(=O)(=O)c3ccccc3F)CCN2C1=O. The first kappa shape index (κ1) is 15.9. The van der Waals surface area contributed by atoms with E-state index in [9.17, 15) is 22.4 Å². The van der Waals surface area contributed by atoms with Gasteiger partial charge in [0.05, 0.1) is 0 Å².